The first-order valence-electron chi connectivity index (χ1n) is 12.9. The van der Waals surface area contributed by atoms with Crippen LogP contribution in [-0.4, -0.2) is 90.8 Å². The molecule has 1 N–H and O–H groups in total. The van der Waals surface area contributed by atoms with Gasteiger partial charge in [-0.2, -0.15) is 5.10 Å². The van der Waals surface area contributed by atoms with E-state index in [0.29, 0.717) is 18.4 Å². The molecular formula is C27H34N6O2. The Morgan fingerprint density at radius 1 is 0.971 bits per heavy atom. The van der Waals surface area contributed by atoms with Crippen LogP contribution in [0.1, 0.15) is 12.8 Å². The van der Waals surface area contributed by atoms with Crippen molar-refractivity contribution in [3.63, 3.8) is 0 Å². The molecule has 3 aromatic rings. The minimum Gasteiger partial charge on any atom is -0.492 e. The monoisotopic (exact) mass is 474 g/mol. The lowest BCUT2D eigenvalue weighted by molar-refractivity contribution is -0.132. The molecule has 1 aromatic carbocycles. The topological polar surface area (TPSA) is 65.4 Å². The van der Waals surface area contributed by atoms with Gasteiger partial charge < -0.3 is 19.9 Å². The molecule has 8 nitrogen and oxygen atoms in total. The largest absolute Gasteiger partial charge is 0.492 e. The predicted molar refractivity (Wildman–Crippen MR) is 137 cm³/mol. The third-order valence-electron chi connectivity index (χ3n) is 7.42. The molecule has 0 unspecified atom stereocenters. The van der Waals surface area contributed by atoms with Gasteiger partial charge in [-0.15, -0.1) is 0 Å². The van der Waals surface area contributed by atoms with Gasteiger partial charge in [-0.25, -0.2) is 4.52 Å². The van der Waals surface area contributed by atoms with Crippen LogP contribution in [-0.2, 0) is 4.79 Å². The number of anilines is 1. The lowest BCUT2D eigenvalue weighted by Crippen LogP contribution is -2.49. The van der Waals surface area contributed by atoms with E-state index in [4.69, 9.17) is 4.74 Å². The number of piperazine rings is 2. The highest BCUT2D eigenvalue weighted by Gasteiger charge is 2.34. The fourth-order valence-electron chi connectivity index (χ4n) is 5.15. The quantitative estimate of drug-likeness (QED) is 0.567. The smallest absolute Gasteiger partial charge is 0.225 e. The summed E-state index contributed by atoms with van der Waals surface area (Å²) >= 11 is 0. The van der Waals surface area contributed by atoms with Crippen LogP contribution in [0.25, 0.3) is 16.6 Å². The number of benzene rings is 1. The van der Waals surface area contributed by atoms with Crippen molar-refractivity contribution in [2.45, 2.75) is 12.8 Å². The fourth-order valence-corrected chi connectivity index (χ4v) is 5.15. The van der Waals surface area contributed by atoms with Crippen LogP contribution in [0.15, 0.2) is 48.8 Å². The fraction of sp³-hybridized carbons (Fsp3) is 0.481. The molecule has 0 bridgehead atoms. The minimum atomic E-state index is 0.298. The Morgan fingerprint density at radius 3 is 2.49 bits per heavy atom. The van der Waals surface area contributed by atoms with Gasteiger partial charge in [-0.1, -0.05) is 12.1 Å². The van der Waals surface area contributed by atoms with Crippen molar-refractivity contribution in [2.24, 2.45) is 5.92 Å². The van der Waals surface area contributed by atoms with Crippen LogP contribution in [0.4, 0.5) is 5.69 Å². The van der Waals surface area contributed by atoms with Gasteiger partial charge in [-0.3, -0.25) is 9.69 Å². The van der Waals surface area contributed by atoms with E-state index in [-0.39, 0.29) is 0 Å². The maximum Gasteiger partial charge on any atom is 0.225 e. The van der Waals surface area contributed by atoms with Crippen molar-refractivity contribution in [1.29, 1.82) is 0 Å². The summed E-state index contributed by atoms with van der Waals surface area (Å²) in [5.41, 5.74) is 4.56. The molecule has 2 aromatic heterocycles. The summed E-state index contributed by atoms with van der Waals surface area (Å²) in [5.74, 6) is 1.56. The molecule has 4 heterocycles. The average molecular weight is 475 g/mol. The Hall–Kier alpha value is -3.10. The number of hydrogen-bond donors (Lipinski definition) is 1. The zero-order valence-corrected chi connectivity index (χ0v) is 20.2. The molecule has 0 radical (unpaired) electrons. The van der Waals surface area contributed by atoms with E-state index in [9.17, 15) is 4.79 Å². The van der Waals surface area contributed by atoms with E-state index in [1.54, 1.807) is 0 Å². The molecule has 3 aliphatic rings. The lowest BCUT2D eigenvalue weighted by atomic mass is 10.1. The van der Waals surface area contributed by atoms with Gasteiger partial charge in [-0.05, 0) is 42.7 Å². The van der Waals surface area contributed by atoms with Crippen LogP contribution in [0.5, 0.6) is 5.75 Å². The minimum absolute atomic E-state index is 0.298. The Kier molecular flexibility index (Phi) is 6.31. The molecule has 8 heteroatoms. The number of fused-ring (bicyclic) bond motifs is 1. The van der Waals surface area contributed by atoms with Gasteiger partial charge in [0.15, 0.2) is 0 Å². The van der Waals surface area contributed by atoms with Crippen molar-refractivity contribution in [1.82, 2.24) is 24.7 Å². The van der Waals surface area contributed by atoms with Gasteiger partial charge in [0.2, 0.25) is 5.91 Å². The molecule has 1 saturated carbocycles. The zero-order chi connectivity index (χ0) is 23.6. The van der Waals surface area contributed by atoms with E-state index in [2.05, 4.69) is 62.8 Å². The normalized spacial score (nSPS) is 19.3. The molecule has 0 spiro atoms. The number of carbonyl (C=O) groups excluding carboxylic acids is 1. The summed E-state index contributed by atoms with van der Waals surface area (Å²) in [6, 6.07) is 12.7. The number of nitrogens with zero attached hydrogens (tertiary/aromatic N) is 5. The van der Waals surface area contributed by atoms with Gasteiger partial charge in [0.1, 0.15) is 12.4 Å². The predicted octanol–water partition coefficient (Wildman–Crippen LogP) is 2.34. The Morgan fingerprint density at radius 2 is 1.74 bits per heavy atom. The number of carbonyl (C=O) groups is 1. The highest BCUT2D eigenvalue weighted by Crippen LogP contribution is 2.33. The summed E-state index contributed by atoms with van der Waals surface area (Å²) in [4.78, 5) is 19.3. The van der Waals surface area contributed by atoms with E-state index < -0.39 is 0 Å². The molecule has 2 saturated heterocycles. The second-order valence-electron chi connectivity index (χ2n) is 9.83. The van der Waals surface area contributed by atoms with Crippen LogP contribution in [0, 0.1) is 5.92 Å². The second-order valence-corrected chi connectivity index (χ2v) is 9.83. The Bertz CT molecular complexity index is 1160. The third kappa shape index (κ3) is 4.99. The van der Waals surface area contributed by atoms with Crippen molar-refractivity contribution in [2.75, 3.05) is 70.4 Å². The molecule has 2 aliphatic heterocycles. The summed E-state index contributed by atoms with van der Waals surface area (Å²) in [6.45, 7) is 9.30. The standard InChI is InChI=1S/C27H34N6O2/c34-27(22-1-2-22)32-15-13-31(14-16-32)25-7-8-29-33-20-23(19-26(25)33)21-3-5-24(6-4-21)35-18-17-30-11-9-28-10-12-30/h3-8,19-20,22,28H,1-2,9-18H2. The van der Waals surface area contributed by atoms with E-state index in [0.717, 1.165) is 94.1 Å². The van der Waals surface area contributed by atoms with Crippen molar-refractivity contribution >= 4 is 17.1 Å². The molecular weight excluding hydrogens is 440 g/mol. The number of aromatic nitrogens is 2. The summed E-state index contributed by atoms with van der Waals surface area (Å²) in [6.07, 6.45) is 6.09. The summed E-state index contributed by atoms with van der Waals surface area (Å²) in [5, 5.41) is 7.93. The number of hydrogen-bond acceptors (Lipinski definition) is 6. The first-order valence-corrected chi connectivity index (χ1v) is 12.9. The maximum absolute atomic E-state index is 12.4. The molecule has 0 atom stereocenters. The maximum atomic E-state index is 12.4. The number of ether oxygens (including phenoxy) is 1. The number of nitrogens with one attached hydrogen (secondary N) is 1. The molecule has 6 rings (SSSR count). The van der Waals surface area contributed by atoms with Gasteiger partial charge in [0.05, 0.1) is 11.2 Å². The molecule has 184 valence electrons. The lowest BCUT2D eigenvalue weighted by Gasteiger charge is -2.36. The SMILES string of the molecule is O=C(C1CC1)N1CCN(c2ccnn3cc(-c4ccc(OCCN5CCNCC5)cc4)cc23)CC1. The van der Waals surface area contributed by atoms with Gasteiger partial charge in [0, 0.05) is 82.8 Å². The first kappa shape index (κ1) is 22.4. The van der Waals surface area contributed by atoms with Crippen molar-refractivity contribution in [3.8, 4) is 16.9 Å². The third-order valence-corrected chi connectivity index (χ3v) is 7.42. The van der Waals surface area contributed by atoms with Crippen LogP contribution >= 0.6 is 0 Å². The average Bonchev–Trinajstić information content (AvgIpc) is 3.67. The van der Waals surface area contributed by atoms with E-state index in [1.807, 2.05) is 15.6 Å². The van der Waals surface area contributed by atoms with Crippen LogP contribution < -0.4 is 15.0 Å². The summed E-state index contributed by atoms with van der Waals surface area (Å²) < 4.78 is 7.95. The Labute approximate surface area is 206 Å². The van der Waals surface area contributed by atoms with Crippen LogP contribution in [0.2, 0.25) is 0 Å². The van der Waals surface area contributed by atoms with E-state index in [1.165, 1.54) is 5.69 Å². The summed E-state index contributed by atoms with van der Waals surface area (Å²) in [7, 11) is 0. The number of rotatable bonds is 7. The Balaban J connectivity index is 1.10. The van der Waals surface area contributed by atoms with E-state index >= 15 is 0 Å². The molecule has 1 amide bonds. The zero-order valence-electron chi connectivity index (χ0n) is 20.2. The van der Waals surface area contributed by atoms with Crippen molar-refractivity contribution < 1.29 is 9.53 Å². The number of amides is 1. The van der Waals surface area contributed by atoms with Crippen molar-refractivity contribution in [3.05, 3.63) is 48.8 Å². The second kappa shape index (κ2) is 9.87. The molecule has 1 aliphatic carbocycles. The van der Waals surface area contributed by atoms with Gasteiger partial charge >= 0.3 is 0 Å². The highest BCUT2D eigenvalue weighted by atomic mass is 16.5. The molecule has 3 fully saturated rings. The van der Waals surface area contributed by atoms with Crippen LogP contribution in [0.3, 0.4) is 0 Å². The highest BCUT2D eigenvalue weighted by molar-refractivity contribution is 5.82. The molecule has 35 heavy (non-hydrogen) atoms. The van der Waals surface area contributed by atoms with Gasteiger partial charge in [0.25, 0.3) is 0 Å². The first-order chi connectivity index (χ1) is 17.2.